The van der Waals surface area contributed by atoms with Crippen LogP contribution in [0.1, 0.15) is 62.1 Å². The van der Waals surface area contributed by atoms with Crippen molar-refractivity contribution in [2.75, 3.05) is 0 Å². The Balaban J connectivity index is 1.36. The molecule has 2 aliphatic rings. The lowest BCUT2D eigenvalue weighted by Crippen LogP contribution is -2.18. The van der Waals surface area contributed by atoms with Gasteiger partial charge in [-0.05, 0) is 63.0 Å². The van der Waals surface area contributed by atoms with Gasteiger partial charge in [-0.25, -0.2) is 9.78 Å². The summed E-state index contributed by atoms with van der Waals surface area (Å²) in [6, 6.07) is 3.47. The molecule has 140 valence electrons. The smallest absolute Gasteiger partial charge is 0.348 e. The van der Waals surface area contributed by atoms with Crippen molar-refractivity contribution in [3.63, 3.8) is 0 Å². The number of carbonyl (C=O) groups is 1. The maximum atomic E-state index is 12.6. The minimum absolute atomic E-state index is 0.0374. The molecule has 0 amide bonds. The fourth-order valence-corrected chi connectivity index (χ4v) is 6.40. The lowest BCUT2D eigenvalue weighted by Gasteiger charge is -2.10. The highest BCUT2D eigenvalue weighted by Gasteiger charge is 2.20. The number of aromatic nitrogens is 2. The number of rotatable bonds is 3. The maximum Gasteiger partial charge on any atom is 0.348 e. The molecule has 0 atom stereocenters. The summed E-state index contributed by atoms with van der Waals surface area (Å²) < 4.78 is 7.20. The van der Waals surface area contributed by atoms with Gasteiger partial charge in [0.1, 0.15) is 11.5 Å². The molecule has 27 heavy (non-hydrogen) atoms. The van der Waals surface area contributed by atoms with E-state index in [-0.39, 0.29) is 18.1 Å². The van der Waals surface area contributed by atoms with Crippen LogP contribution in [0.15, 0.2) is 16.9 Å². The van der Waals surface area contributed by atoms with Crippen LogP contribution in [0, 0.1) is 0 Å². The second-order valence-corrected chi connectivity index (χ2v) is 9.42. The predicted molar refractivity (Wildman–Crippen MR) is 106 cm³/mol. The molecule has 0 bridgehead atoms. The Labute approximate surface area is 164 Å². The van der Waals surface area contributed by atoms with Crippen molar-refractivity contribution in [1.29, 1.82) is 0 Å². The highest BCUT2D eigenvalue weighted by Crippen LogP contribution is 2.30. The number of ether oxygens (including phenoxy) is 1. The Morgan fingerprint density at radius 2 is 1.81 bits per heavy atom. The van der Waals surface area contributed by atoms with E-state index >= 15 is 0 Å². The van der Waals surface area contributed by atoms with Gasteiger partial charge in [-0.2, -0.15) is 0 Å². The molecule has 0 saturated carbocycles. The van der Waals surface area contributed by atoms with Gasteiger partial charge in [-0.3, -0.25) is 9.20 Å². The number of esters is 1. The molecule has 0 unspecified atom stereocenters. The zero-order chi connectivity index (χ0) is 18.4. The van der Waals surface area contributed by atoms with E-state index in [9.17, 15) is 9.59 Å². The molecule has 3 aromatic rings. The fourth-order valence-electron chi connectivity index (χ4n) is 4.02. The van der Waals surface area contributed by atoms with E-state index in [0.29, 0.717) is 15.5 Å². The molecule has 0 radical (unpaired) electrons. The van der Waals surface area contributed by atoms with Gasteiger partial charge in [0.2, 0.25) is 0 Å². The molecule has 0 aliphatic heterocycles. The van der Waals surface area contributed by atoms with Gasteiger partial charge in [-0.15, -0.1) is 22.7 Å². The zero-order valence-electron chi connectivity index (χ0n) is 15.0. The molecule has 2 aliphatic carbocycles. The van der Waals surface area contributed by atoms with Gasteiger partial charge >= 0.3 is 5.97 Å². The summed E-state index contributed by atoms with van der Waals surface area (Å²) in [5.41, 5.74) is 2.86. The SMILES string of the molecule is O=C(OCc1cc(=O)n2c3c(sc2n1)CCCC3)c1cc2c(s1)CCCC2. The van der Waals surface area contributed by atoms with E-state index in [1.54, 1.807) is 27.1 Å². The molecule has 5 nitrogen and oxygen atoms in total. The average molecular weight is 401 g/mol. The highest BCUT2D eigenvalue weighted by atomic mass is 32.1. The van der Waals surface area contributed by atoms with Crippen LogP contribution in [0.4, 0.5) is 0 Å². The van der Waals surface area contributed by atoms with E-state index in [0.717, 1.165) is 37.8 Å². The van der Waals surface area contributed by atoms with Crippen LogP contribution in [0.25, 0.3) is 4.96 Å². The molecule has 0 saturated heterocycles. The lowest BCUT2D eigenvalue weighted by atomic mass is 9.99. The van der Waals surface area contributed by atoms with Crippen molar-refractivity contribution < 1.29 is 9.53 Å². The lowest BCUT2D eigenvalue weighted by molar-refractivity contribution is 0.0473. The van der Waals surface area contributed by atoms with E-state index in [2.05, 4.69) is 4.98 Å². The molecular formula is C20H20N2O3S2. The third-order valence-corrected chi connectivity index (χ3v) is 7.72. The minimum atomic E-state index is -0.318. The summed E-state index contributed by atoms with van der Waals surface area (Å²) in [6.45, 7) is 0.0374. The second-order valence-electron chi connectivity index (χ2n) is 7.23. The Kier molecular flexibility index (Phi) is 4.36. The standard InChI is InChI=1S/C20H20N2O3S2/c23-18-10-13(21-20-22(18)14-6-2-4-8-16(14)27-20)11-25-19(24)17-9-12-5-1-3-7-15(12)26-17/h9-10H,1-8,11H2. The van der Waals surface area contributed by atoms with E-state index < -0.39 is 0 Å². The topological polar surface area (TPSA) is 60.7 Å². The van der Waals surface area contributed by atoms with Crippen molar-refractivity contribution in [3.05, 3.63) is 54.1 Å². The first-order valence-electron chi connectivity index (χ1n) is 9.51. The van der Waals surface area contributed by atoms with Crippen LogP contribution >= 0.6 is 22.7 Å². The number of hydrogen-bond acceptors (Lipinski definition) is 6. The van der Waals surface area contributed by atoms with Crippen LogP contribution in [-0.4, -0.2) is 15.4 Å². The normalized spacial score (nSPS) is 16.1. The molecule has 5 rings (SSSR count). The van der Waals surface area contributed by atoms with Crippen LogP contribution < -0.4 is 5.56 Å². The summed E-state index contributed by atoms with van der Waals surface area (Å²) in [4.78, 5) is 33.5. The Hall–Kier alpha value is -1.99. The number of aryl methyl sites for hydroxylation is 4. The van der Waals surface area contributed by atoms with Gasteiger partial charge in [0.25, 0.3) is 5.56 Å². The molecule has 3 aromatic heterocycles. The largest absolute Gasteiger partial charge is 0.455 e. The molecular weight excluding hydrogens is 380 g/mol. The Bertz CT molecular complexity index is 1070. The van der Waals surface area contributed by atoms with Gasteiger partial charge in [0.15, 0.2) is 4.96 Å². The van der Waals surface area contributed by atoms with Gasteiger partial charge in [0, 0.05) is 21.5 Å². The summed E-state index contributed by atoms with van der Waals surface area (Å²) in [5, 5.41) is 0. The highest BCUT2D eigenvalue weighted by molar-refractivity contribution is 7.17. The van der Waals surface area contributed by atoms with Crippen molar-refractivity contribution in [1.82, 2.24) is 9.38 Å². The number of thiophene rings is 1. The predicted octanol–water partition coefficient (Wildman–Crippen LogP) is 3.93. The summed E-state index contributed by atoms with van der Waals surface area (Å²) in [7, 11) is 0. The van der Waals surface area contributed by atoms with E-state index in [1.165, 1.54) is 40.6 Å². The first-order valence-corrected chi connectivity index (χ1v) is 11.1. The third kappa shape index (κ3) is 3.12. The summed E-state index contributed by atoms with van der Waals surface area (Å²) >= 11 is 3.13. The first kappa shape index (κ1) is 17.1. The second kappa shape index (κ2) is 6.87. The number of nitrogens with zero attached hydrogens (tertiary/aromatic N) is 2. The Morgan fingerprint density at radius 3 is 2.67 bits per heavy atom. The van der Waals surface area contributed by atoms with Crippen molar-refractivity contribution in [3.8, 4) is 0 Å². The first-order chi connectivity index (χ1) is 13.2. The van der Waals surface area contributed by atoms with Crippen molar-refractivity contribution >= 4 is 33.6 Å². The van der Waals surface area contributed by atoms with Crippen molar-refractivity contribution in [2.24, 2.45) is 0 Å². The summed E-state index contributed by atoms with van der Waals surface area (Å²) in [5.74, 6) is -0.318. The quantitative estimate of drug-likeness (QED) is 0.625. The van der Waals surface area contributed by atoms with Crippen LogP contribution in [-0.2, 0) is 37.0 Å². The third-order valence-electron chi connectivity index (χ3n) is 5.36. The van der Waals surface area contributed by atoms with Gasteiger partial charge in [-0.1, -0.05) is 0 Å². The fraction of sp³-hybridized carbons (Fsp3) is 0.450. The molecule has 0 aromatic carbocycles. The van der Waals surface area contributed by atoms with Crippen LogP contribution in [0.2, 0.25) is 0 Å². The van der Waals surface area contributed by atoms with Gasteiger partial charge in [0.05, 0.1) is 5.69 Å². The van der Waals surface area contributed by atoms with Crippen LogP contribution in [0.3, 0.4) is 0 Å². The van der Waals surface area contributed by atoms with Gasteiger partial charge < -0.3 is 4.74 Å². The number of thiazole rings is 1. The average Bonchev–Trinajstić information content (AvgIpc) is 3.27. The maximum absolute atomic E-state index is 12.6. The van der Waals surface area contributed by atoms with Crippen molar-refractivity contribution in [2.45, 2.75) is 58.0 Å². The zero-order valence-corrected chi connectivity index (χ0v) is 16.6. The number of carbonyl (C=O) groups excluding carboxylic acids is 1. The molecule has 3 heterocycles. The van der Waals surface area contributed by atoms with Crippen LogP contribution in [0.5, 0.6) is 0 Å². The molecule has 0 N–H and O–H groups in total. The number of fused-ring (bicyclic) bond motifs is 4. The monoisotopic (exact) mass is 400 g/mol. The number of hydrogen-bond donors (Lipinski definition) is 0. The summed E-state index contributed by atoms with van der Waals surface area (Å²) in [6.07, 6.45) is 8.75. The minimum Gasteiger partial charge on any atom is -0.455 e. The molecule has 0 spiro atoms. The molecule has 7 heteroatoms. The molecule has 0 fully saturated rings. The Morgan fingerprint density at radius 1 is 1.04 bits per heavy atom. The van der Waals surface area contributed by atoms with E-state index in [4.69, 9.17) is 4.74 Å². The van der Waals surface area contributed by atoms with E-state index in [1.807, 2.05) is 6.07 Å².